The predicted molar refractivity (Wildman–Crippen MR) is 59.0 cm³/mol. The zero-order valence-corrected chi connectivity index (χ0v) is 9.15. The summed E-state index contributed by atoms with van der Waals surface area (Å²) >= 11 is 0. The molecular weight excluding hydrogens is 158 g/mol. The quantitative estimate of drug-likeness (QED) is 0.597. The normalized spacial score (nSPS) is 22.4. The van der Waals surface area contributed by atoms with Crippen LogP contribution < -0.4 is 5.32 Å². The molecule has 1 nitrogen and oxygen atoms in total. The van der Waals surface area contributed by atoms with E-state index in [1.807, 2.05) is 0 Å². The van der Waals surface area contributed by atoms with Gasteiger partial charge in [0.25, 0.3) is 0 Å². The molecule has 1 unspecified atom stereocenters. The van der Waals surface area contributed by atoms with Gasteiger partial charge in [0.2, 0.25) is 0 Å². The Morgan fingerprint density at radius 3 is 2.54 bits per heavy atom. The maximum absolute atomic E-state index is 3.43. The summed E-state index contributed by atoms with van der Waals surface area (Å²) in [4.78, 5) is 0. The third kappa shape index (κ3) is 5.30. The van der Waals surface area contributed by atoms with E-state index in [1.165, 1.54) is 64.5 Å². The van der Waals surface area contributed by atoms with Crippen molar-refractivity contribution in [1.82, 2.24) is 5.32 Å². The number of hydrogen-bond acceptors (Lipinski definition) is 1. The summed E-state index contributed by atoms with van der Waals surface area (Å²) in [6, 6.07) is 0. The highest BCUT2D eigenvalue weighted by Crippen LogP contribution is 2.17. The van der Waals surface area contributed by atoms with Crippen molar-refractivity contribution in [3.8, 4) is 0 Å². The van der Waals surface area contributed by atoms with Crippen LogP contribution in [0.3, 0.4) is 0 Å². The van der Waals surface area contributed by atoms with Gasteiger partial charge >= 0.3 is 0 Å². The Kier molecular flexibility index (Phi) is 6.26. The molecule has 0 aliphatic carbocycles. The Balaban J connectivity index is 1.78. The van der Waals surface area contributed by atoms with E-state index in [-0.39, 0.29) is 0 Å². The van der Waals surface area contributed by atoms with Crippen LogP contribution in [0.5, 0.6) is 0 Å². The minimum atomic E-state index is 1.01. The Labute approximate surface area is 83.3 Å². The Hall–Kier alpha value is -0.0400. The van der Waals surface area contributed by atoms with E-state index in [1.54, 1.807) is 0 Å². The average Bonchev–Trinajstić information content (AvgIpc) is 2.63. The number of unbranched alkanes of at least 4 members (excludes halogenated alkanes) is 5. The van der Waals surface area contributed by atoms with Crippen molar-refractivity contribution >= 4 is 0 Å². The molecule has 0 radical (unpaired) electrons. The smallest absolute Gasteiger partial charge is 0.00200 e. The molecule has 0 amide bonds. The van der Waals surface area contributed by atoms with E-state index < -0.39 is 0 Å². The van der Waals surface area contributed by atoms with E-state index in [0.29, 0.717) is 0 Å². The monoisotopic (exact) mass is 183 g/mol. The first-order chi connectivity index (χ1) is 6.43. The molecule has 0 aromatic rings. The highest BCUT2D eigenvalue weighted by molar-refractivity contribution is 4.70. The van der Waals surface area contributed by atoms with Crippen molar-refractivity contribution < 1.29 is 0 Å². The molecule has 78 valence electrons. The van der Waals surface area contributed by atoms with Gasteiger partial charge in [0.05, 0.1) is 0 Å². The van der Waals surface area contributed by atoms with E-state index in [9.17, 15) is 0 Å². The van der Waals surface area contributed by atoms with Crippen LogP contribution in [-0.4, -0.2) is 13.1 Å². The first-order valence-electron chi connectivity index (χ1n) is 6.14. The summed E-state index contributed by atoms with van der Waals surface area (Å²) in [5, 5.41) is 3.43. The Morgan fingerprint density at radius 2 is 1.85 bits per heavy atom. The molecule has 1 rings (SSSR count). The lowest BCUT2D eigenvalue weighted by atomic mass is 10.00. The minimum absolute atomic E-state index is 1.01. The van der Waals surface area contributed by atoms with Crippen LogP contribution in [0.4, 0.5) is 0 Å². The van der Waals surface area contributed by atoms with Crippen molar-refractivity contribution in [2.45, 2.75) is 58.3 Å². The van der Waals surface area contributed by atoms with Crippen LogP contribution in [-0.2, 0) is 0 Å². The fourth-order valence-corrected chi connectivity index (χ4v) is 2.17. The van der Waals surface area contributed by atoms with Crippen LogP contribution in [0.2, 0.25) is 0 Å². The summed E-state index contributed by atoms with van der Waals surface area (Å²) < 4.78 is 0. The zero-order chi connectivity index (χ0) is 9.36. The van der Waals surface area contributed by atoms with Crippen LogP contribution in [0.15, 0.2) is 0 Å². The van der Waals surface area contributed by atoms with Gasteiger partial charge in [-0.25, -0.2) is 0 Å². The third-order valence-corrected chi connectivity index (χ3v) is 3.13. The third-order valence-electron chi connectivity index (χ3n) is 3.13. The van der Waals surface area contributed by atoms with Crippen LogP contribution in [0.1, 0.15) is 58.3 Å². The summed E-state index contributed by atoms with van der Waals surface area (Å²) in [7, 11) is 0. The van der Waals surface area contributed by atoms with Crippen molar-refractivity contribution in [3.05, 3.63) is 0 Å². The largest absolute Gasteiger partial charge is 0.316 e. The molecule has 1 atom stereocenters. The molecular formula is C12H25N. The second-order valence-electron chi connectivity index (χ2n) is 4.42. The Morgan fingerprint density at radius 1 is 1.08 bits per heavy atom. The van der Waals surface area contributed by atoms with Crippen molar-refractivity contribution in [1.29, 1.82) is 0 Å². The summed E-state index contributed by atoms with van der Waals surface area (Å²) in [5.41, 5.74) is 0. The van der Waals surface area contributed by atoms with Gasteiger partial charge in [-0.3, -0.25) is 0 Å². The lowest BCUT2D eigenvalue weighted by Crippen LogP contribution is -2.08. The SMILES string of the molecule is CCCCCCCCC1CCNC1. The fraction of sp³-hybridized carbons (Fsp3) is 1.00. The maximum Gasteiger partial charge on any atom is -0.00200 e. The van der Waals surface area contributed by atoms with Gasteiger partial charge in [-0.15, -0.1) is 0 Å². The molecule has 1 heterocycles. The van der Waals surface area contributed by atoms with Gasteiger partial charge in [-0.2, -0.15) is 0 Å². The van der Waals surface area contributed by atoms with Crippen molar-refractivity contribution in [3.63, 3.8) is 0 Å². The van der Waals surface area contributed by atoms with Crippen LogP contribution in [0.25, 0.3) is 0 Å². The second-order valence-corrected chi connectivity index (χ2v) is 4.42. The van der Waals surface area contributed by atoms with Crippen molar-refractivity contribution in [2.75, 3.05) is 13.1 Å². The van der Waals surface area contributed by atoms with E-state index in [2.05, 4.69) is 12.2 Å². The lowest BCUT2D eigenvalue weighted by Gasteiger charge is -2.06. The Bertz CT molecular complexity index is 106. The zero-order valence-electron chi connectivity index (χ0n) is 9.15. The fourth-order valence-electron chi connectivity index (χ4n) is 2.17. The van der Waals surface area contributed by atoms with Gasteiger partial charge in [0, 0.05) is 0 Å². The van der Waals surface area contributed by atoms with Gasteiger partial charge < -0.3 is 5.32 Å². The molecule has 0 bridgehead atoms. The summed E-state index contributed by atoms with van der Waals surface area (Å²) in [6.07, 6.45) is 11.6. The van der Waals surface area contributed by atoms with Crippen LogP contribution >= 0.6 is 0 Å². The standard InChI is InChI=1S/C12H25N/c1-2-3-4-5-6-7-8-12-9-10-13-11-12/h12-13H,2-11H2,1H3. The molecule has 0 aromatic carbocycles. The molecule has 0 spiro atoms. The van der Waals surface area contributed by atoms with E-state index >= 15 is 0 Å². The second kappa shape index (κ2) is 7.37. The molecule has 1 saturated heterocycles. The summed E-state index contributed by atoms with van der Waals surface area (Å²) in [5.74, 6) is 1.01. The molecule has 1 aliphatic heterocycles. The molecule has 0 saturated carbocycles. The molecule has 1 fully saturated rings. The predicted octanol–water partition coefficient (Wildman–Crippen LogP) is 3.35. The van der Waals surface area contributed by atoms with Crippen molar-refractivity contribution in [2.24, 2.45) is 5.92 Å². The minimum Gasteiger partial charge on any atom is -0.316 e. The maximum atomic E-state index is 3.43. The number of hydrogen-bond donors (Lipinski definition) is 1. The van der Waals surface area contributed by atoms with Gasteiger partial charge in [0.1, 0.15) is 0 Å². The van der Waals surface area contributed by atoms with E-state index in [0.717, 1.165) is 5.92 Å². The molecule has 1 heteroatoms. The first-order valence-corrected chi connectivity index (χ1v) is 6.14. The van der Waals surface area contributed by atoms with E-state index in [4.69, 9.17) is 0 Å². The molecule has 0 aromatic heterocycles. The highest BCUT2D eigenvalue weighted by Gasteiger charge is 2.12. The molecule has 1 N–H and O–H groups in total. The van der Waals surface area contributed by atoms with Gasteiger partial charge in [0.15, 0.2) is 0 Å². The topological polar surface area (TPSA) is 12.0 Å². The van der Waals surface area contributed by atoms with Crippen LogP contribution in [0, 0.1) is 5.92 Å². The summed E-state index contributed by atoms with van der Waals surface area (Å²) in [6.45, 7) is 4.83. The van der Waals surface area contributed by atoms with Gasteiger partial charge in [-0.1, -0.05) is 45.4 Å². The lowest BCUT2D eigenvalue weighted by molar-refractivity contribution is 0.482. The first kappa shape index (κ1) is 11.0. The number of rotatable bonds is 7. The van der Waals surface area contributed by atoms with Gasteiger partial charge in [-0.05, 0) is 31.8 Å². The number of nitrogens with one attached hydrogen (secondary N) is 1. The molecule has 13 heavy (non-hydrogen) atoms. The average molecular weight is 183 g/mol. The highest BCUT2D eigenvalue weighted by atomic mass is 14.9. The molecule has 1 aliphatic rings.